The Morgan fingerprint density at radius 3 is 2.52 bits per heavy atom. The molecule has 1 heterocycles. The highest BCUT2D eigenvalue weighted by Gasteiger charge is 2.15. The van der Waals surface area contributed by atoms with Crippen molar-refractivity contribution >= 4 is 35.3 Å². The number of nitrogens with two attached hydrogens (primary N) is 1. The number of thioether (sulfide) groups is 2. The molecule has 0 unspecified atom stereocenters. The molecule has 0 aliphatic rings. The van der Waals surface area contributed by atoms with Crippen LogP contribution in [-0.2, 0) is 29.1 Å². The average Bonchev–Trinajstić information content (AvgIpc) is 3.06. The number of nitrogens with zero attached hydrogens (tertiary/aromatic N) is 4. The molecule has 2 amide bonds. The Bertz CT molecular complexity index is 777. The number of aryl methyl sites for hydroxylation is 1. The van der Waals surface area contributed by atoms with Crippen LogP contribution in [0.4, 0.5) is 0 Å². The van der Waals surface area contributed by atoms with E-state index in [1.54, 1.807) is 23.7 Å². The minimum absolute atomic E-state index is 0.0262. The molecule has 146 valence electrons. The summed E-state index contributed by atoms with van der Waals surface area (Å²) in [5, 5.41) is 8.96. The zero-order chi connectivity index (χ0) is 19.8. The van der Waals surface area contributed by atoms with Gasteiger partial charge in [0.15, 0.2) is 5.16 Å². The standard InChI is InChI=1S/C18H25N5O2S2/c1-4-23-16(10-9-15(19)24)20-21-18(23)27-12-17(25)22(2)11-13-5-7-14(26-3)8-6-13/h5-8H,4,9-12H2,1-3H3,(H2,19,24). The number of aromatic nitrogens is 3. The minimum Gasteiger partial charge on any atom is -0.370 e. The van der Waals surface area contributed by atoms with E-state index in [2.05, 4.69) is 22.3 Å². The second-order valence-corrected chi connectivity index (χ2v) is 7.82. The van der Waals surface area contributed by atoms with Crippen molar-refractivity contribution in [2.45, 2.75) is 42.9 Å². The number of primary amides is 1. The second-order valence-electron chi connectivity index (χ2n) is 6.00. The molecule has 27 heavy (non-hydrogen) atoms. The monoisotopic (exact) mass is 407 g/mol. The first-order chi connectivity index (χ1) is 12.9. The van der Waals surface area contributed by atoms with E-state index in [1.807, 2.05) is 29.9 Å². The van der Waals surface area contributed by atoms with Crippen LogP contribution in [0.1, 0.15) is 24.7 Å². The molecule has 0 atom stereocenters. The molecule has 0 saturated carbocycles. The highest BCUT2D eigenvalue weighted by Crippen LogP contribution is 2.19. The van der Waals surface area contributed by atoms with E-state index in [1.165, 1.54) is 16.7 Å². The van der Waals surface area contributed by atoms with Crippen LogP contribution < -0.4 is 5.73 Å². The number of benzene rings is 1. The minimum atomic E-state index is -0.364. The van der Waals surface area contributed by atoms with Gasteiger partial charge in [0.05, 0.1) is 5.75 Å². The Labute approximate surface area is 168 Å². The summed E-state index contributed by atoms with van der Waals surface area (Å²) in [6, 6.07) is 8.21. The molecular formula is C18H25N5O2S2. The molecule has 1 aromatic heterocycles. The molecule has 2 N–H and O–H groups in total. The number of carbonyl (C=O) groups excluding carboxylic acids is 2. The Kier molecular flexibility index (Phi) is 8.18. The van der Waals surface area contributed by atoms with Crippen molar-refractivity contribution in [2.75, 3.05) is 19.1 Å². The zero-order valence-corrected chi connectivity index (χ0v) is 17.5. The van der Waals surface area contributed by atoms with E-state index in [4.69, 9.17) is 5.73 Å². The predicted octanol–water partition coefficient (Wildman–Crippen LogP) is 2.19. The fraction of sp³-hybridized carbons (Fsp3) is 0.444. The lowest BCUT2D eigenvalue weighted by molar-refractivity contribution is -0.127. The predicted molar refractivity (Wildman–Crippen MR) is 109 cm³/mol. The highest BCUT2D eigenvalue weighted by atomic mass is 32.2. The van der Waals surface area contributed by atoms with Gasteiger partial charge in [0, 0.05) is 37.9 Å². The summed E-state index contributed by atoms with van der Waals surface area (Å²) < 4.78 is 1.92. The van der Waals surface area contributed by atoms with Gasteiger partial charge in [0.1, 0.15) is 5.82 Å². The third-order valence-electron chi connectivity index (χ3n) is 4.03. The maximum absolute atomic E-state index is 12.4. The molecular weight excluding hydrogens is 382 g/mol. The number of hydrogen-bond donors (Lipinski definition) is 1. The van der Waals surface area contributed by atoms with E-state index in [9.17, 15) is 9.59 Å². The van der Waals surface area contributed by atoms with Crippen molar-refractivity contribution in [3.63, 3.8) is 0 Å². The summed E-state index contributed by atoms with van der Waals surface area (Å²) in [5.74, 6) is 0.664. The van der Waals surface area contributed by atoms with Gasteiger partial charge < -0.3 is 15.2 Å². The lowest BCUT2D eigenvalue weighted by Gasteiger charge is -2.17. The molecule has 9 heteroatoms. The Morgan fingerprint density at radius 2 is 1.93 bits per heavy atom. The first-order valence-corrected chi connectivity index (χ1v) is 10.9. The molecule has 0 aliphatic carbocycles. The molecule has 0 aliphatic heterocycles. The van der Waals surface area contributed by atoms with Gasteiger partial charge in [-0.25, -0.2) is 0 Å². The first-order valence-electron chi connectivity index (χ1n) is 8.64. The Hall–Kier alpha value is -2.00. The van der Waals surface area contributed by atoms with Gasteiger partial charge in [0.25, 0.3) is 0 Å². The second kappa shape index (κ2) is 10.4. The van der Waals surface area contributed by atoms with Crippen LogP contribution in [0.5, 0.6) is 0 Å². The highest BCUT2D eigenvalue weighted by molar-refractivity contribution is 7.99. The molecule has 7 nitrogen and oxygen atoms in total. The van der Waals surface area contributed by atoms with Gasteiger partial charge in [-0.2, -0.15) is 0 Å². The van der Waals surface area contributed by atoms with Crippen molar-refractivity contribution in [2.24, 2.45) is 5.73 Å². The lowest BCUT2D eigenvalue weighted by Crippen LogP contribution is -2.27. The summed E-state index contributed by atoms with van der Waals surface area (Å²) in [6.07, 6.45) is 2.73. The van der Waals surface area contributed by atoms with E-state index < -0.39 is 0 Å². The molecule has 0 bridgehead atoms. The molecule has 0 saturated heterocycles. The van der Waals surface area contributed by atoms with Crippen LogP contribution in [0.15, 0.2) is 34.3 Å². The first kappa shape index (κ1) is 21.3. The van der Waals surface area contributed by atoms with Crippen LogP contribution in [-0.4, -0.2) is 50.5 Å². The van der Waals surface area contributed by atoms with Gasteiger partial charge in [-0.15, -0.1) is 22.0 Å². The van der Waals surface area contributed by atoms with Crippen molar-refractivity contribution < 1.29 is 9.59 Å². The van der Waals surface area contributed by atoms with Gasteiger partial charge >= 0.3 is 0 Å². The van der Waals surface area contributed by atoms with Crippen LogP contribution >= 0.6 is 23.5 Å². The third kappa shape index (κ3) is 6.28. The van der Waals surface area contributed by atoms with Crippen LogP contribution in [0.25, 0.3) is 0 Å². The maximum Gasteiger partial charge on any atom is 0.233 e. The largest absolute Gasteiger partial charge is 0.370 e. The fourth-order valence-corrected chi connectivity index (χ4v) is 3.86. The molecule has 1 aromatic carbocycles. The Balaban J connectivity index is 1.91. The lowest BCUT2D eigenvalue weighted by atomic mass is 10.2. The van der Waals surface area contributed by atoms with E-state index in [0.29, 0.717) is 30.5 Å². The summed E-state index contributed by atoms with van der Waals surface area (Å²) >= 11 is 3.05. The maximum atomic E-state index is 12.4. The smallest absolute Gasteiger partial charge is 0.233 e. The molecule has 2 aromatic rings. The molecule has 0 fully saturated rings. The summed E-state index contributed by atoms with van der Waals surface area (Å²) in [4.78, 5) is 26.3. The normalized spacial score (nSPS) is 10.8. The number of carbonyl (C=O) groups is 2. The third-order valence-corrected chi connectivity index (χ3v) is 5.73. The molecule has 2 rings (SSSR count). The Morgan fingerprint density at radius 1 is 1.22 bits per heavy atom. The molecule has 0 spiro atoms. The number of hydrogen-bond acceptors (Lipinski definition) is 6. The molecule has 0 radical (unpaired) electrons. The van der Waals surface area contributed by atoms with Gasteiger partial charge in [-0.1, -0.05) is 23.9 Å². The van der Waals surface area contributed by atoms with Crippen molar-refractivity contribution in [3.05, 3.63) is 35.7 Å². The van der Waals surface area contributed by atoms with E-state index in [0.717, 1.165) is 5.56 Å². The quantitative estimate of drug-likeness (QED) is 0.607. The zero-order valence-electron chi connectivity index (χ0n) is 15.8. The van der Waals surface area contributed by atoms with Crippen molar-refractivity contribution in [1.82, 2.24) is 19.7 Å². The fourth-order valence-electron chi connectivity index (χ4n) is 2.49. The summed E-state index contributed by atoms with van der Waals surface area (Å²) in [7, 11) is 1.80. The number of rotatable bonds is 10. The number of amides is 2. The summed E-state index contributed by atoms with van der Waals surface area (Å²) in [5.41, 5.74) is 6.29. The van der Waals surface area contributed by atoms with Crippen LogP contribution in [0.3, 0.4) is 0 Å². The SMILES string of the molecule is CCn1c(CCC(N)=O)nnc1SCC(=O)N(C)Cc1ccc(SC)cc1. The van der Waals surface area contributed by atoms with Crippen molar-refractivity contribution in [1.29, 1.82) is 0 Å². The van der Waals surface area contributed by atoms with Gasteiger partial charge in [-0.3, -0.25) is 9.59 Å². The van der Waals surface area contributed by atoms with Crippen molar-refractivity contribution in [3.8, 4) is 0 Å². The average molecular weight is 408 g/mol. The van der Waals surface area contributed by atoms with E-state index in [-0.39, 0.29) is 24.0 Å². The van der Waals surface area contributed by atoms with Gasteiger partial charge in [0.2, 0.25) is 11.8 Å². The summed E-state index contributed by atoms with van der Waals surface area (Å²) in [6.45, 7) is 3.22. The van der Waals surface area contributed by atoms with E-state index >= 15 is 0 Å². The van der Waals surface area contributed by atoms with Crippen LogP contribution in [0, 0.1) is 0 Å². The topological polar surface area (TPSA) is 94.1 Å². The van der Waals surface area contributed by atoms with Crippen LogP contribution in [0.2, 0.25) is 0 Å². The van der Waals surface area contributed by atoms with Gasteiger partial charge in [-0.05, 0) is 30.9 Å².